The van der Waals surface area contributed by atoms with Crippen LogP contribution in [0, 0.1) is 0 Å². The predicted octanol–water partition coefficient (Wildman–Crippen LogP) is 2.05. The van der Waals surface area contributed by atoms with Crippen LogP contribution in [0.25, 0.3) is 0 Å². The summed E-state index contributed by atoms with van der Waals surface area (Å²) in [5.74, 6) is 0. The number of rotatable bonds is 4. The molecule has 1 heterocycles. The van der Waals surface area contributed by atoms with E-state index in [1.165, 1.54) is 11.3 Å². The van der Waals surface area contributed by atoms with Gasteiger partial charge in [-0.3, -0.25) is 0 Å². The number of likely N-dealkylation sites (N-methyl/N-ethyl adjacent to an activating group) is 1. The van der Waals surface area contributed by atoms with Gasteiger partial charge < -0.3 is 15.0 Å². The fraction of sp³-hybridized carbons (Fsp3) is 0.538. The zero-order valence-electron chi connectivity index (χ0n) is 10.2. The highest BCUT2D eigenvalue weighted by molar-refractivity contribution is 9.10. The lowest BCUT2D eigenvalue weighted by atomic mass is 10.1. The second-order valence-corrected chi connectivity index (χ2v) is 5.14. The molecule has 0 aromatic heterocycles. The Morgan fingerprint density at radius 1 is 1.35 bits per heavy atom. The third-order valence-electron chi connectivity index (χ3n) is 3.04. The van der Waals surface area contributed by atoms with Gasteiger partial charge in [-0.15, -0.1) is 0 Å². The Kier molecular flexibility index (Phi) is 4.83. The van der Waals surface area contributed by atoms with E-state index in [0.717, 1.165) is 43.7 Å². The number of anilines is 1. The van der Waals surface area contributed by atoms with Crippen molar-refractivity contribution in [3.63, 3.8) is 0 Å². The summed E-state index contributed by atoms with van der Waals surface area (Å²) in [4.78, 5) is 2.42. The monoisotopic (exact) mass is 298 g/mol. The van der Waals surface area contributed by atoms with Crippen LogP contribution in [-0.4, -0.2) is 39.9 Å². The highest BCUT2D eigenvalue weighted by atomic mass is 79.9. The number of hydrogen-bond acceptors (Lipinski definition) is 3. The number of morpholine rings is 1. The van der Waals surface area contributed by atoms with Gasteiger partial charge in [0, 0.05) is 23.2 Å². The summed E-state index contributed by atoms with van der Waals surface area (Å²) in [5, 5.41) is 3.21. The van der Waals surface area contributed by atoms with Crippen LogP contribution >= 0.6 is 15.9 Å². The fourth-order valence-corrected chi connectivity index (χ4v) is 2.54. The Morgan fingerprint density at radius 2 is 2.12 bits per heavy atom. The molecule has 0 spiro atoms. The second-order valence-electron chi connectivity index (χ2n) is 4.23. The number of nitrogens with zero attached hydrogens (tertiary/aromatic N) is 1. The van der Waals surface area contributed by atoms with Crippen LogP contribution < -0.4 is 10.2 Å². The maximum atomic E-state index is 5.40. The lowest BCUT2D eigenvalue weighted by Gasteiger charge is -2.30. The average molecular weight is 299 g/mol. The van der Waals surface area contributed by atoms with Gasteiger partial charge in [-0.2, -0.15) is 0 Å². The molecule has 0 unspecified atom stereocenters. The first-order valence-corrected chi connectivity index (χ1v) is 6.86. The van der Waals surface area contributed by atoms with Crippen molar-refractivity contribution in [1.29, 1.82) is 0 Å². The van der Waals surface area contributed by atoms with Gasteiger partial charge in [0.15, 0.2) is 0 Å². The van der Waals surface area contributed by atoms with Crippen LogP contribution in [0.15, 0.2) is 22.7 Å². The number of hydrogen-bond donors (Lipinski definition) is 1. The molecular weight excluding hydrogens is 280 g/mol. The number of nitrogens with one attached hydrogen (secondary N) is 1. The van der Waals surface area contributed by atoms with Gasteiger partial charge >= 0.3 is 0 Å². The van der Waals surface area contributed by atoms with Gasteiger partial charge in [0.25, 0.3) is 0 Å². The third kappa shape index (κ3) is 3.44. The minimum absolute atomic E-state index is 0.835. The van der Waals surface area contributed by atoms with Crippen molar-refractivity contribution in [1.82, 2.24) is 5.32 Å². The molecule has 1 aromatic rings. The standard InChI is InChI=1S/C13H19BrN2O/c1-15-5-4-11-10-12(14)2-3-13(11)16-6-8-17-9-7-16/h2-3,10,15H,4-9H2,1H3. The van der Waals surface area contributed by atoms with Crippen LogP contribution in [0.4, 0.5) is 5.69 Å². The van der Waals surface area contributed by atoms with Crippen molar-refractivity contribution in [2.75, 3.05) is 44.8 Å². The molecule has 3 nitrogen and oxygen atoms in total. The van der Waals surface area contributed by atoms with Gasteiger partial charge in [0.2, 0.25) is 0 Å². The number of ether oxygens (including phenoxy) is 1. The van der Waals surface area contributed by atoms with Crippen molar-refractivity contribution < 1.29 is 4.74 Å². The Balaban J connectivity index is 2.18. The quantitative estimate of drug-likeness (QED) is 0.921. The molecule has 4 heteroatoms. The van der Waals surface area contributed by atoms with Crippen LogP contribution in [0.1, 0.15) is 5.56 Å². The van der Waals surface area contributed by atoms with Gasteiger partial charge in [-0.1, -0.05) is 15.9 Å². The first-order chi connectivity index (χ1) is 8.31. The molecular formula is C13H19BrN2O. The smallest absolute Gasteiger partial charge is 0.0642 e. The molecule has 1 aliphatic rings. The zero-order valence-corrected chi connectivity index (χ0v) is 11.8. The summed E-state index contributed by atoms with van der Waals surface area (Å²) in [7, 11) is 1.99. The molecule has 0 bridgehead atoms. The van der Waals surface area contributed by atoms with Crippen LogP contribution in [0.2, 0.25) is 0 Å². The summed E-state index contributed by atoms with van der Waals surface area (Å²) in [6, 6.07) is 6.55. The number of benzene rings is 1. The highest BCUT2D eigenvalue weighted by Gasteiger charge is 2.14. The molecule has 1 fully saturated rings. The molecule has 94 valence electrons. The van der Waals surface area contributed by atoms with E-state index >= 15 is 0 Å². The van der Waals surface area contributed by atoms with E-state index in [4.69, 9.17) is 4.74 Å². The molecule has 2 rings (SSSR count). The Bertz CT molecular complexity index is 364. The van der Waals surface area contributed by atoms with E-state index in [2.05, 4.69) is 44.3 Å². The van der Waals surface area contributed by atoms with Crippen molar-refractivity contribution in [2.24, 2.45) is 0 Å². The van der Waals surface area contributed by atoms with Gasteiger partial charge in [-0.25, -0.2) is 0 Å². The summed E-state index contributed by atoms with van der Waals surface area (Å²) in [6.07, 6.45) is 1.06. The largest absolute Gasteiger partial charge is 0.378 e. The molecule has 1 N–H and O–H groups in total. The van der Waals surface area contributed by atoms with E-state index in [0.29, 0.717) is 0 Å². The maximum absolute atomic E-state index is 5.40. The maximum Gasteiger partial charge on any atom is 0.0642 e. The Hall–Kier alpha value is -0.580. The number of halogens is 1. The molecule has 0 amide bonds. The van der Waals surface area contributed by atoms with Crippen molar-refractivity contribution in [2.45, 2.75) is 6.42 Å². The lowest BCUT2D eigenvalue weighted by Crippen LogP contribution is -2.36. The fourth-order valence-electron chi connectivity index (χ4n) is 2.13. The molecule has 0 aliphatic carbocycles. The molecule has 17 heavy (non-hydrogen) atoms. The van der Waals surface area contributed by atoms with Gasteiger partial charge in [0.05, 0.1) is 13.2 Å². The lowest BCUT2D eigenvalue weighted by molar-refractivity contribution is 0.122. The van der Waals surface area contributed by atoms with Crippen LogP contribution in [0.5, 0.6) is 0 Å². The molecule has 1 saturated heterocycles. The Morgan fingerprint density at radius 3 is 2.82 bits per heavy atom. The first kappa shape index (κ1) is 12.9. The van der Waals surface area contributed by atoms with E-state index in [1.54, 1.807) is 0 Å². The molecule has 1 aliphatic heterocycles. The van der Waals surface area contributed by atoms with Gasteiger partial charge in [-0.05, 0) is 43.8 Å². The minimum atomic E-state index is 0.835. The molecule has 0 saturated carbocycles. The van der Waals surface area contributed by atoms with E-state index in [1.807, 2.05) is 7.05 Å². The SMILES string of the molecule is CNCCc1cc(Br)ccc1N1CCOCC1. The van der Waals surface area contributed by atoms with Crippen molar-refractivity contribution in [3.8, 4) is 0 Å². The Labute approximate surface area is 111 Å². The zero-order chi connectivity index (χ0) is 12.1. The normalized spacial score (nSPS) is 16.2. The van der Waals surface area contributed by atoms with E-state index < -0.39 is 0 Å². The van der Waals surface area contributed by atoms with Crippen molar-refractivity contribution >= 4 is 21.6 Å². The van der Waals surface area contributed by atoms with Crippen LogP contribution in [0.3, 0.4) is 0 Å². The van der Waals surface area contributed by atoms with Crippen LogP contribution in [-0.2, 0) is 11.2 Å². The highest BCUT2D eigenvalue weighted by Crippen LogP contribution is 2.25. The van der Waals surface area contributed by atoms with E-state index in [9.17, 15) is 0 Å². The first-order valence-electron chi connectivity index (χ1n) is 6.07. The molecule has 0 atom stereocenters. The van der Waals surface area contributed by atoms with Gasteiger partial charge in [0.1, 0.15) is 0 Å². The second kappa shape index (κ2) is 6.38. The summed E-state index contributed by atoms with van der Waals surface area (Å²) < 4.78 is 6.56. The molecule has 1 aromatic carbocycles. The summed E-state index contributed by atoms with van der Waals surface area (Å²) in [5.41, 5.74) is 2.75. The predicted molar refractivity (Wildman–Crippen MR) is 74.8 cm³/mol. The third-order valence-corrected chi connectivity index (χ3v) is 3.53. The van der Waals surface area contributed by atoms with E-state index in [-0.39, 0.29) is 0 Å². The minimum Gasteiger partial charge on any atom is -0.378 e. The van der Waals surface area contributed by atoms with Crippen molar-refractivity contribution in [3.05, 3.63) is 28.2 Å². The summed E-state index contributed by atoms with van der Waals surface area (Å²) in [6.45, 7) is 4.67. The molecule has 0 radical (unpaired) electrons. The summed E-state index contributed by atoms with van der Waals surface area (Å²) >= 11 is 3.55. The topological polar surface area (TPSA) is 24.5 Å². The average Bonchev–Trinajstić information content (AvgIpc) is 2.37.